The number of rotatable bonds is 8. The number of anilines is 2. The monoisotopic (exact) mass is 463 g/mol. The first-order chi connectivity index (χ1) is 15.3. The summed E-state index contributed by atoms with van der Waals surface area (Å²) in [6, 6.07) is 8.83. The quantitative estimate of drug-likeness (QED) is 0.556. The average molecular weight is 464 g/mol. The third-order valence-corrected chi connectivity index (χ3v) is 6.63. The van der Waals surface area contributed by atoms with Crippen LogP contribution >= 0.6 is 0 Å². The van der Waals surface area contributed by atoms with Crippen LogP contribution in [0.3, 0.4) is 0 Å². The van der Waals surface area contributed by atoms with Crippen molar-refractivity contribution in [3.8, 4) is 5.75 Å². The lowest BCUT2D eigenvalue weighted by Gasteiger charge is -2.20. The molecule has 1 fully saturated rings. The molecule has 0 atom stereocenters. The minimum Gasteiger partial charge on any atom is -0.495 e. The first-order valence-electron chi connectivity index (χ1n) is 10.3. The summed E-state index contributed by atoms with van der Waals surface area (Å²) in [6.45, 7) is -0.183. The summed E-state index contributed by atoms with van der Waals surface area (Å²) in [6.07, 6.45) is 4.85. The molecule has 1 aliphatic rings. The van der Waals surface area contributed by atoms with Crippen LogP contribution in [0.15, 0.2) is 47.4 Å². The zero-order valence-electron chi connectivity index (χ0n) is 17.7. The topological polar surface area (TPSA) is 114 Å². The van der Waals surface area contributed by atoms with Crippen molar-refractivity contribution in [2.45, 2.75) is 37.0 Å². The molecule has 1 saturated carbocycles. The van der Waals surface area contributed by atoms with Gasteiger partial charge in [0.25, 0.3) is 10.0 Å². The minimum absolute atomic E-state index is 0.0509. The Morgan fingerprint density at radius 2 is 1.75 bits per heavy atom. The molecule has 0 bridgehead atoms. The van der Waals surface area contributed by atoms with Gasteiger partial charge in [-0.2, -0.15) is 0 Å². The Kier molecular flexibility index (Phi) is 7.68. The zero-order chi connectivity index (χ0) is 23.1. The maximum atomic E-state index is 13.1. The summed E-state index contributed by atoms with van der Waals surface area (Å²) in [5.74, 6) is -0.930. The summed E-state index contributed by atoms with van der Waals surface area (Å²) in [5, 5.41) is 5.29. The second-order valence-corrected chi connectivity index (χ2v) is 9.26. The molecule has 0 radical (unpaired) electrons. The molecule has 0 heterocycles. The Morgan fingerprint density at radius 3 is 2.41 bits per heavy atom. The minimum atomic E-state index is -4.01. The number of methoxy groups -OCH3 is 1. The predicted molar refractivity (Wildman–Crippen MR) is 118 cm³/mol. The molecule has 32 heavy (non-hydrogen) atoms. The number of sulfonamides is 1. The van der Waals surface area contributed by atoms with Crippen LogP contribution in [-0.4, -0.2) is 33.9 Å². The molecule has 172 valence electrons. The van der Waals surface area contributed by atoms with Crippen LogP contribution in [0.4, 0.5) is 15.8 Å². The van der Waals surface area contributed by atoms with Crippen LogP contribution in [0.2, 0.25) is 0 Å². The van der Waals surface area contributed by atoms with Gasteiger partial charge in [-0.05, 0) is 55.3 Å². The van der Waals surface area contributed by atoms with Gasteiger partial charge < -0.3 is 15.4 Å². The fourth-order valence-corrected chi connectivity index (χ4v) is 4.63. The van der Waals surface area contributed by atoms with Gasteiger partial charge in [-0.3, -0.25) is 14.3 Å². The SMILES string of the molecule is COc1ccc(NC(=O)CNC(=O)C2CCCCC2)cc1NS(=O)(=O)c1ccc(F)cc1. The van der Waals surface area contributed by atoms with E-state index in [4.69, 9.17) is 4.74 Å². The van der Waals surface area contributed by atoms with Gasteiger partial charge in [0, 0.05) is 11.6 Å². The molecule has 3 N–H and O–H groups in total. The fourth-order valence-electron chi connectivity index (χ4n) is 3.56. The molecule has 0 saturated heterocycles. The number of halogens is 1. The van der Waals surface area contributed by atoms with Crippen LogP contribution in [0, 0.1) is 11.7 Å². The van der Waals surface area contributed by atoms with E-state index in [1.165, 1.54) is 19.2 Å². The Bertz CT molecular complexity index is 1070. The molecule has 3 rings (SSSR count). The van der Waals surface area contributed by atoms with Gasteiger partial charge in [0.1, 0.15) is 11.6 Å². The van der Waals surface area contributed by atoms with E-state index < -0.39 is 21.7 Å². The van der Waals surface area contributed by atoms with Crippen LogP contribution in [0.5, 0.6) is 5.75 Å². The van der Waals surface area contributed by atoms with E-state index in [1.54, 1.807) is 6.07 Å². The first kappa shape index (κ1) is 23.5. The van der Waals surface area contributed by atoms with E-state index in [9.17, 15) is 22.4 Å². The lowest BCUT2D eigenvalue weighted by Crippen LogP contribution is -2.37. The third kappa shape index (κ3) is 6.19. The van der Waals surface area contributed by atoms with Crippen molar-refractivity contribution in [1.29, 1.82) is 0 Å². The number of hydrogen-bond acceptors (Lipinski definition) is 5. The molecule has 2 aromatic carbocycles. The molecule has 2 amide bonds. The molecule has 8 nitrogen and oxygen atoms in total. The summed E-state index contributed by atoms with van der Waals surface area (Å²) in [7, 11) is -2.63. The van der Waals surface area contributed by atoms with Crippen molar-refractivity contribution in [2.24, 2.45) is 5.92 Å². The van der Waals surface area contributed by atoms with Crippen LogP contribution in [0.1, 0.15) is 32.1 Å². The van der Waals surface area contributed by atoms with Gasteiger partial charge in [0.15, 0.2) is 0 Å². The normalized spacial score (nSPS) is 14.4. The molecule has 0 aromatic heterocycles. The fraction of sp³-hybridized carbons (Fsp3) is 0.364. The first-order valence-corrected chi connectivity index (χ1v) is 11.8. The standard InChI is InChI=1S/C22H26FN3O5S/c1-31-20-12-9-17(25-21(27)14-24-22(28)15-5-3-2-4-6-15)13-19(20)26-32(29,30)18-10-7-16(23)8-11-18/h7-13,15,26H,2-6,14H2,1H3,(H,24,28)(H,25,27). The highest BCUT2D eigenvalue weighted by Crippen LogP contribution is 2.30. The van der Waals surface area contributed by atoms with Crippen molar-refractivity contribution in [2.75, 3.05) is 23.7 Å². The zero-order valence-corrected chi connectivity index (χ0v) is 18.5. The van der Waals surface area contributed by atoms with Crippen LogP contribution in [0.25, 0.3) is 0 Å². The summed E-state index contributed by atoms with van der Waals surface area (Å²) in [4.78, 5) is 24.3. The second kappa shape index (κ2) is 10.4. The van der Waals surface area contributed by atoms with E-state index in [-0.39, 0.29) is 34.7 Å². The molecular weight excluding hydrogens is 437 g/mol. The van der Waals surface area contributed by atoms with E-state index in [1.807, 2.05) is 0 Å². The number of hydrogen-bond donors (Lipinski definition) is 3. The van der Waals surface area contributed by atoms with Gasteiger partial charge in [-0.25, -0.2) is 12.8 Å². The Labute approximate surface area is 186 Å². The molecule has 10 heteroatoms. The maximum Gasteiger partial charge on any atom is 0.262 e. The number of nitrogens with one attached hydrogen (secondary N) is 3. The van der Waals surface area contributed by atoms with Gasteiger partial charge in [0.2, 0.25) is 11.8 Å². The van der Waals surface area contributed by atoms with Gasteiger partial charge in [-0.15, -0.1) is 0 Å². The van der Waals surface area contributed by atoms with Gasteiger partial charge in [-0.1, -0.05) is 19.3 Å². The van der Waals surface area contributed by atoms with Crippen molar-refractivity contribution in [3.05, 3.63) is 48.3 Å². The molecule has 1 aliphatic carbocycles. The van der Waals surface area contributed by atoms with E-state index in [0.29, 0.717) is 5.69 Å². The molecular formula is C22H26FN3O5S. The maximum absolute atomic E-state index is 13.1. The largest absolute Gasteiger partial charge is 0.495 e. The summed E-state index contributed by atoms with van der Waals surface area (Å²) in [5.41, 5.74) is 0.417. The Balaban J connectivity index is 1.65. The highest BCUT2D eigenvalue weighted by Gasteiger charge is 2.21. The van der Waals surface area contributed by atoms with E-state index in [0.717, 1.165) is 56.4 Å². The molecule has 0 spiro atoms. The van der Waals surface area contributed by atoms with E-state index >= 15 is 0 Å². The second-order valence-electron chi connectivity index (χ2n) is 7.58. The molecule has 0 aliphatic heterocycles. The van der Waals surface area contributed by atoms with Crippen molar-refractivity contribution >= 4 is 33.2 Å². The molecule has 0 unspecified atom stereocenters. The van der Waals surface area contributed by atoms with Gasteiger partial charge >= 0.3 is 0 Å². The number of benzene rings is 2. The summed E-state index contributed by atoms with van der Waals surface area (Å²) < 4.78 is 45.9. The average Bonchev–Trinajstić information content (AvgIpc) is 2.78. The van der Waals surface area contributed by atoms with E-state index in [2.05, 4.69) is 15.4 Å². The Hall–Kier alpha value is -3.14. The lowest BCUT2D eigenvalue weighted by molar-refractivity contribution is -0.128. The predicted octanol–water partition coefficient (Wildman–Crippen LogP) is 3.27. The van der Waals surface area contributed by atoms with Crippen LogP contribution < -0.4 is 20.1 Å². The highest BCUT2D eigenvalue weighted by atomic mass is 32.2. The lowest BCUT2D eigenvalue weighted by atomic mass is 9.89. The van der Waals surface area contributed by atoms with Gasteiger partial charge in [0.05, 0.1) is 24.2 Å². The highest BCUT2D eigenvalue weighted by molar-refractivity contribution is 7.92. The van der Waals surface area contributed by atoms with Crippen molar-refractivity contribution in [3.63, 3.8) is 0 Å². The van der Waals surface area contributed by atoms with Crippen LogP contribution in [-0.2, 0) is 19.6 Å². The number of amides is 2. The number of carbonyl (C=O) groups is 2. The van der Waals surface area contributed by atoms with Crippen molar-refractivity contribution in [1.82, 2.24) is 5.32 Å². The smallest absolute Gasteiger partial charge is 0.262 e. The molecule has 2 aromatic rings. The number of ether oxygens (including phenoxy) is 1. The number of carbonyl (C=O) groups excluding carboxylic acids is 2. The Morgan fingerprint density at radius 1 is 1.06 bits per heavy atom. The summed E-state index contributed by atoms with van der Waals surface area (Å²) >= 11 is 0. The van der Waals surface area contributed by atoms with Crippen molar-refractivity contribution < 1.29 is 27.1 Å². The third-order valence-electron chi connectivity index (χ3n) is 5.25.